The van der Waals surface area contributed by atoms with Gasteiger partial charge in [-0.1, -0.05) is 180 Å². The number of hydrogen-bond donors (Lipinski definition) is 1. The molecule has 4 nitrogen and oxygen atoms in total. The van der Waals surface area contributed by atoms with Crippen LogP contribution in [0.5, 0.6) is 0 Å². The van der Waals surface area contributed by atoms with Crippen LogP contribution in [0.15, 0.2) is 170 Å². The summed E-state index contributed by atoms with van der Waals surface area (Å²) in [5, 5.41) is 6.48. The number of nitrogens with zero attached hydrogens (tertiary/aromatic N) is 3. The maximum atomic E-state index is 5.01. The van der Waals surface area contributed by atoms with Crippen molar-refractivity contribution < 1.29 is 0 Å². The van der Waals surface area contributed by atoms with Crippen molar-refractivity contribution in [1.29, 1.82) is 0 Å². The molecule has 1 N–H and O–H groups in total. The van der Waals surface area contributed by atoms with Crippen LogP contribution in [0.4, 0.5) is 11.4 Å². The number of fused-ring (bicyclic) bond motifs is 3. The standard InChI is InChI=1S/C62H68N4/c1-58(2,3)44-27-29-55-54(38-44)53-28-26-47(39-56(53)66(55)57-40-45(30-32-63-57)59(4,5)6)62(11,12)46-24-19-25-52(37-46)65-33-31-50(41-65)64-51-35-48(60(7,8)42-20-15-13-16-21-42)34-49(36-51)61(9,10)43-22-17-14-18-23-43/h13-40,50,64H,41H2,1-12H3. The number of nitrogens with one attached hydrogen (secondary N) is 1. The van der Waals surface area contributed by atoms with E-state index in [0.717, 1.165) is 18.1 Å². The van der Waals surface area contributed by atoms with Crippen LogP contribution in [0.3, 0.4) is 0 Å². The second kappa shape index (κ2) is 16.5. The molecule has 1 unspecified atom stereocenters. The number of anilines is 2. The second-order valence-corrected chi connectivity index (χ2v) is 22.4. The summed E-state index contributed by atoms with van der Waals surface area (Å²) in [5.74, 6) is 0.953. The lowest BCUT2D eigenvalue weighted by Crippen LogP contribution is -2.28. The van der Waals surface area contributed by atoms with E-state index < -0.39 is 0 Å². The van der Waals surface area contributed by atoms with E-state index in [1.165, 1.54) is 72.0 Å². The number of aromatic nitrogens is 2. The Bertz CT molecular complexity index is 3010. The van der Waals surface area contributed by atoms with Gasteiger partial charge in [0.1, 0.15) is 5.82 Å². The van der Waals surface area contributed by atoms with Crippen molar-refractivity contribution in [3.8, 4) is 5.82 Å². The Kier molecular flexibility index (Phi) is 11.2. The molecule has 8 aromatic rings. The van der Waals surface area contributed by atoms with E-state index >= 15 is 0 Å². The predicted molar refractivity (Wildman–Crippen MR) is 282 cm³/mol. The fraction of sp³-hybridized carbons (Fsp3) is 0.306. The quantitative estimate of drug-likeness (QED) is 0.149. The minimum Gasteiger partial charge on any atom is -0.377 e. The van der Waals surface area contributed by atoms with E-state index in [2.05, 4.69) is 262 Å². The molecule has 9 rings (SSSR count). The van der Waals surface area contributed by atoms with Gasteiger partial charge < -0.3 is 10.2 Å². The average Bonchev–Trinajstić information content (AvgIpc) is 3.91. The molecule has 0 bridgehead atoms. The summed E-state index contributed by atoms with van der Waals surface area (Å²) in [6, 6.07) is 56.8. The molecular weight excluding hydrogens is 801 g/mol. The Balaban J connectivity index is 1.03. The van der Waals surface area contributed by atoms with Gasteiger partial charge in [0.25, 0.3) is 0 Å². The number of pyridine rings is 1. The largest absolute Gasteiger partial charge is 0.377 e. The minimum atomic E-state index is -0.280. The van der Waals surface area contributed by atoms with Crippen LogP contribution in [0.1, 0.15) is 128 Å². The van der Waals surface area contributed by atoms with Crippen LogP contribution >= 0.6 is 0 Å². The molecule has 4 heteroatoms. The van der Waals surface area contributed by atoms with E-state index in [9.17, 15) is 0 Å². The van der Waals surface area contributed by atoms with E-state index in [0.29, 0.717) is 0 Å². The molecule has 1 atom stereocenters. The highest BCUT2D eigenvalue weighted by atomic mass is 15.2. The fourth-order valence-corrected chi connectivity index (χ4v) is 9.89. The van der Waals surface area contributed by atoms with E-state index in [1.807, 2.05) is 6.20 Å². The number of hydrogen-bond acceptors (Lipinski definition) is 3. The van der Waals surface area contributed by atoms with Gasteiger partial charge >= 0.3 is 0 Å². The van der Waals surface area contributed by atoms with Crippen LogP contribution < -0.4 is 10.2 Å². The van der Waals surface area contributed by atoms with Crippen LogP contribution in [-0.4, -0.2) is 22.1 Å². The Hall–Kier alpha value is -6.39. The summed E-state index contributed by atoms with van der Waals surface area (Å²) < 4.78 is 2.38. The van der Waals surface area contributed by atoms with Crippen LogP contribution in [0.25, 0.3) is 27.6 Å². The second-order valence-electron chi connectivity index (χ2n) is 22.4. The first-order chi connectivity index (χ1) is 31.2. The first-order valence-corrected chi connectivity index (χ1v) is 23.9. The van der Waals surface area contributed by atoms with Crippen molar-refractivity contribution >= 4 is 33.2 Å². The molecule has 0 aliphatic carbocycles. The third-order valence-corrected chi connectivity index (χ3v) is 14.7. The predicted octanol–water partition coefficient (Wildman–Crippen LogP) is 15.6. The summed E-state index contributed by atoms with van der Waals surface area (Å²) in [4.78, 5) is 7.40. The highest BCUT2D eigenvalue weighted by Crippen LogP contribution is 2.42. The molecule has 1 aliphatic heterocycles. The normalized spacial score (nSPS) is 15.0. The lowest BCUT2D eigenvalue weighted by atomic mass is 9.73. The SMILES string of the molecule is CC(C)(C)c1ccnc(-n2c3ccc(C(C)(C)C)cc3c3ccc(C(C)(C)c4cccc(N5C=CC(Nc6cc(C(C)(C)c7ccccc7)cc(C(C)(C)c7ccccc7)c6)C5)c4)cc32)c1. The molecule has 0 saturated heterocycles. The molecule has 0 fully saturated rings. The first-order valence-electron chi connectivity index (χ1n) is 23.9. The van der Waals surface area contributed by atoms with Gasteiger partial charge in [-0.15, -0.1) is 0 Å². The average molecular weight is 869 g/mol. The molecule has 2 aromatic heterocycles. The molecular formula is C62H68N4. The molecule has 0 amide bonds. The van der Waals surface area contributed by atoms with Gasteiger partial charge in [-0.25, -0.2) is 4.98 Å². The van der Waals surface area contributed by atoms with Gasteiger partial charge in [0, 0.05) is 57.3 Å². The third-order valence-electron chi connectivity index (χ3n) is 14.7. The molecule has 0 saturated carbocycles. The summed E-state index contributed by atoms with van der Waals surface area (Å²) in [6.07, 6.45) is 6.54. The van der Waals surface area contributed by atoms with Gasteiger partial charge in [-0.3, -0.25) is 4.57 Å². The monoisotopic (exact) mass is 869 g/mol. The lowest BCUT2D eigenvalue weighted by Gasteiger charge is -2.32. The van der Waals surface area contributed by atoms with E-state index in [1.54, 1.807) is 0 Å². The first kappa shape index (κ1) is 44.8. The van der Waals surface area contributed by atoms with Crippen molar-refractivity contribution in [1.82, 2.24) is 9.55 Å². The molecule has 66 heavy (non-hydrogen) atoms. The maximum absolute atomic E-state index is 5.01. The molecule has 6 aromatic carbocycles. The van der Waals surface area contributed by atoms with Crippen molar-refractivity contribution in [2.75, 3.05) is 16.8 Å². The van der Waals surface area contributed by atoms with E-state index in [-0.39, 0.29) is 33.1 Å². The van der Waals surface area contributed by atoms with Gasteiger partial charge in [-0.05, 0) is 116 Å². The zero-order valence-corrected chi connectivity index (χ0v) is 41.3. The summed E-state index contributed by atoms with van der Waals surface area (Å²) in [5.41, 5.74) is 14.4. The fourth-order valence-electron chi connectivity index (χ4n) is 9.89. The number of benzene rings is 6. The van der Waals surface area contributed by atoms with E-state index in [4.69, 9.17) is 4.98 Å². The Labute approximate surface area is 394 Å². The Morgan fingerprint density at radius 2 is 1.02 bits per heavy atom. The maximum Gasteiger partial charge on any atom is 0.137 e. The van der Waals surface area contributed by atoms with Crippen LogP contribution in [0.2, 0.25) is 0 Å². The van der Waals surface area contributed by atoms with Gasteiger partial charge in [0.15, 0.2) is 0 Å². The smallest absolute Gasteiger partial charge is 0.137 e. The number of rotatable bonds is 10. The zero-order chi connectivity index (χ0) is 46.8. The highest BCUT2D eigenvalue weighted by molar-refractivity contribution is 6.09. The lowest BCUT2D eigenvalue weighted by molar-refractivity contribution is 0.588. The summed E-state index contributed by atoms with van der Waals surface area (Å²) >= 11 is 0. The van der Waals surface area contributed by atoms with Crippen LogP contribution in [-0.2, 0) is 27.1 Å². The van der Waals surface area contributed by atoms with Crippen molar-refractivity contribution in [3.63, 3.8) is 0 Å². The summed E-state index contributed by atoms with van der Waals surface area (Å²) in [6.45, 7) is 28.6. The van der Waals surface area contributed by atoms with Crippen molar-refractivity contribution in [2.45, 2.75) is 116 Å². The summed E-state index contributed by atoms with van der Waals surface area (Å²) in [7, 11) is 0. The van der Waals surface area contributed by atoms with Crippen LogP contribution in [0, 0.1) is 0 Å². The van der Waals surface area contributed by atoms with Gasteiger partial charge in [-0.2, -0.15) is 0 Å². The molecule has 0 spiro atoms. The molecule has 1 aliphatic rings. The molecule has 0 radical (unpaired) electrons. The Morgan fingerprint density at radius 1 is 0.455 bits per heavy atom. The highest BCUT2D eigenvalue weighted by Gasteiger charge is 2.31. The minimum absolute atomic E-state index is 0.00267. The van der Waals surface area contributed by atoms with Gasteiger partial charge in [0.05, 0.1) is 17.1 Å². The Morgan fingerprint density at radius 3 is 1.64 bits per heavy atom. The molecule has 336 valence electrons. The van der Waals surface area contributed by atoms with Crippen molar-refractivity contribution in [3.05, 3.63) is 215 Å². The van der Waals surface area contributed by atoms with Crippen molar-refractivity contribution in [2.24, 2.45) is 0 Å². The third kappa shape index (κ3) is 8.36. The topological polar surface area (TPSA) is 33.1 Å². The van der Waals surface area contributed by atoms with Gasteiger partial charge in [0.2, 0.25) is 0 Å². The zero-order valence-electron chi connectivity index (χ0n) is 41.3. The molecule has 3 heterocycles.